The molecular weight excluding hydrogens is 882 g/mol. The van der Waals surface area contributed by atoms with Crippen LogP contribution in [0.1, 0.15) is 16.7 Å². The molecule has 3 aromatic rings. The van der Waals surface area contributed by atoms with E-state index < -0.39 is 30.1 Å². The van der Waals surface area contributed by atoms with Gasteiger partial charge >= 0.3 is 227 Å². The van der Waals surface area contributed by atoms with Crippen LogP contribution < -0.4 is 0 Å². The summed E-state index contributed by atoms with van der Waals surface area (Å²) >= 11 is 11.8. The number of hydrogen-bond acceptors (Lipinski definition) is 3. The molecule has 0 heterocycles. The van der Waals surface area contributed by atoms with Crippen LogP contribution in [-0.2, 0) is 58.4 Å². The summed E-state index contributed by atoms with van der Waals surface area (Å²) in [7, 11) is 0. The van der Waals surface area contributed by atoms with Crippen LogP contribution in [0.4, 0.5) is 0 Å². The summed E-state index contributed by atoms with van der Waals surface area (Å²) in [6.45, 7) is 1.77. The second kappa shape index (κ2) is 15.6. The first-order valence-electron chi connectivity index (χ1n) is 9.22. The van der Waals surface area contributed by atoms with Crippen LogP contribution in [0.15, 0.2) is 91.0 Å². The van der Waals surface area contributed by atoms with Crippen molar-refractivity contribution in [1.82, 2.24) is 0 Å². The summed E-state index contributed by atoms with van der Waals surface area (Å²) in [6, 6.07) is 30.3. The number of hydrogen-bond donors (Lipinski definition) is 0. The van der Waals surface area contributed by atoms with Crippen molar-refractivity contribution in [2.24, 2.45) is 0 Å². The van der Waals surface area contributed by atoms with Gasteiger partial charge in [0.15, 0.2) is 0 Å². The molecule has 0 radical (unpaired) electrons. The fraction of sp³-hybridized carbons (Fsp3) is 0.143. The molecule has 0 N–H and O–H groups in total. The average molecular weight is 903 g/mol. The Bertz CT molecular complexity index is 821. The van der Waals surface area contributed by atoms with Crippen molar-refractivity contribution in [1.29, 1.82) is 0 Å². The zero-order valence-corrected chi connectivity index (χ0v) is 29.2. The van der Waals surface area contributed by atoms with Crippen LogP contribution in [-0.4, -0.2) is 0 Å². The second-order valence-corrected chi connectivity index (χ2v) is 70.2. The predicted octanol–water partition coefficient (Wildman–Crippen LogP) is 9.23. The molecule has 31 heavy (non-hydrogen) atoms. The first-order chi connectivity index (χ1) is 14.7. The molecule has 0 spiro atoms. The van der Waals surface area contributed by atoms with Crippen LogP contribution in [0.5, 0.6) is 0 Å². The second-order valence-electron chi connectivity index (χ2n) is 6.23. The number of halogens is 5. The van der Waals surface area contributed by atoms with Gasteiger partial charge in [-0.1, -0.05) is 0 Å². The third kappa shape index (κ3) is 14.6. The van der Waals surface area contributed by atoms with Gasteiger partial charge in [-0.05, 0) is 0 Å². The molecule has 0 fully saturated rings. The molecule has 0 amide bonds. The number of rotatable bonds is 9. The van der Waals surface area contributed by atoms with Gasteiger partial charge in [0.1, 0.15) is 0 Å². The van der Waals surface area contributed by atoms with Gasteiger partial charge < -0.3 is 0 Å². The Morgan fingerprint density at radius 2 is 0.742 bits per heavy atom. The zero-order chi connectivity index (χ0) is 22.6. The number of benzene rings is 3. The van der Waals surface area contributed by atoms with E-state index in [4.69, 9.17) is 8.44 Å². The van der Waals surface area contributed by atoms with Crippen LogP contribution in [0, 0.1) is 0 Å². The van der Waals surface area contributed by atoms with E-state index in [9.17, 15) is 0 Å². The maximum atomic E-state index is 5.86. The normalized spacial score (nSPS) is 11.5. The Hall–Kier alpha value is 1.71. The van der Waals surface area contributed by atoms with Crippen LogP contribution >= 0.6 is 61.1 Å². The molecule has 0 aromatic heterocycles. The minimum atomic E-state index is -3.20. The quantitative estimate of drug-likeness (QED) is 0.215. The molecule has 0 atom stereocenters. The summed E-state index contributed by atoms with van der Waals surface area (Å²) < 4.78 is 17.3. The maximum absolute atomic E-state index is 5.86. The molecule has 3 nitrogen and oxygen atoms in total. The van der Waals surface area contributed by atoms with Gasteiger partial charge in [0.05, 0.1) is 0 Å². The molecule has 166 valence electrons. The molecule has 0 unspecified atom stereocenters. The van der Waals surface area contributed by atoms with Gasteiger partial charge in [0, 0.05) is 0 Å². The van der Waals surface area contributed by atoms with E-state index in [1.54, 1.807) is 0 Å². The van der Waals surface area contributed by atoms with E-state index in [0.717, 1.165) is 11.1 Å². The van der Waals surface area contributed by atoms with Crippen molar-refractivity contribution in [2.75, 3.05) is 0 Å². The van der Waals surface area contributed by atoms with E-state index in [2.05, 4.69) is 61.1 Å². The summed E-state index contributed by atoms with van der Waals surface area (Å²) in [4.78, 5) is 0. The molecule has 0 saturated carbocycles. The Balaban J connectivity index is 0.000000245. The Morgan fingerprint density at radius 1 is 0.452 bits per heavy atom. The molecule has 0 bridgehead atoms. The first kappa shape index (κ1) is 28.9. The summed E-state index contributed by atoms with van der Waals surface area (Å²) in [5.41, 5.74) is 3.48. The molecule has 0 aliphatic rings. The minimum absolute atomic E-state index is 0.558. The monoisotopic (exact) mass is 896 g/mol. The van der Waals surface area contributed by atoms with Gasteiger partial charge in [0.2, 0.25) is 0 Å². The van der Waals surface area contributed by atoms with Crippen molar-refractivity contribution in [2.45, 2.75) is 19.8 Å². The van der Waals surface area contributed by atoms with Gasteiger partial charge in [-0.25, -0.2) is 0 Å². The van der Waals surface area contributed by atoms with Crippen molar-refractivity contribution < 1.29 is 38.5 Å². The summed E-state index contributed by atoms with van der Waals surface area (Å²) in [6.07, 6.45) is 0. The SMILES string of the molecule is [Br][Zr]([Br])([Br])[O]Cc1ccccc1.[Br][Zr]([Br])([O]Cc1ccccc1)[O]Cc1ccccc1. The molecule has 3 aromatic carbocycles. The fourth-order valence-electron chi connectivity index (χ4n) is 2.26. The van der Waals surface area contributed by atoms with Gasteiger partial charge in [-0.2, -0.15) is 0 Å². The molecule has 0 saturated heterocycles. The summed E-state index contributed by atoms with van der Waals surface area (Å²) in [5.74, 6) is 0. The third-order valence-corrected chi connectivity index (χ3v) is 16.7. The van der Waals surface area contributed by atoms with Crippen molar-refractivity contribution >= 4 is 61.1 Å². The van der Waals surface area contributed by atoms with Crippen molar-refractivity contribution in [3.8, 4) is 0 Å². The standard InChI is InChI=1S/3C7H7O.5BrH.2Zr/c3*8-6-7-4-2-1-3-5-7;;;;;;;/h3*1-5H,6H2;5*1H;;/q3*-1;;;;;;2*+4/p-5. The van der Waals surface area contributed by atoms with Crippen LogP contribution in [0.3, 0.4) is 0 Å². The zero-order valence-electron chi connectivity index (χ0n) is 16.4. The van der Waals surface area contributed by atoms with Crippen molar-refractivity contribution in [3.05, 3.63) is 108 Å². The molecule has 3 rings (SSSR count). The average Bonchev–Trinajstić information content (AvgIpc) is 2.77. The molecular formula is C21H21Br5O3Zr2. The summed E-state index contributed by atoms with van der Waals surface area (Å²) in [5, 5.41) is 0. The van der Waals surface area contributed by atoms with Crippen molar-refractivity contribution in [3.63, 3.8) is 0 Å². The van der Waals surface area contributed by atoms with Gasteiger partial charge in [-0.3, -0.25) is 0 Å². The van der Waals surface area contributed by atoms with Crippen LogP contribution in [0.25, 0.3) is 0 Å². The molecule has 0 aliphatic carbocycles. The van der Waals surface area contributed by atoms with Gasteiger partial charge in [0.25, 0.3) is 0 Å². The Morgan fingerprint density at radius 3 is 1.03 bits per heavy atom. The van der Waals surface area contributed by atoms with Gasteiger partial charge in [-0.15, -0.1) is 0 Å². The van der Waals surface area contributed by atoms with E-state index >= 15 is 0 Å². The third-order valence-electron chi connectivity index (χ3n) is 3.74. The molecule has 0 aliphatic heterocycles. The topological polar surface area (TPSA) is 27.7 Å². The van der Waals surface area contributed by atoms with E-state index in [-0.39, 0.29) is 0 Å². The Labute approximate surface area is 223 Å². The van der Waals surface area contributed by atoms with E-state index in [1.165, 1.54) is 5.56 Å². The first-order valence-corrected chi connectivity index (χ1v) is 40.3. The van der Waals surface area contributed by atoms with Crippen LogP contribution in [0.2, 0.25) is 0 Å². The van der Waals surface area contributed by atoms with E-state index in [0.29, 0.717) is 19.8 Å². The van der Waals surface area contributed by atoms with E-state index in [1.807, 2.05) is 91.0 Å². The Kier molecular flexibility index (Phi) is 14.6. The fourth-order valence-corrected chi connectivity index (χ4v) is 9.67. The predicted molar refractivity (Wildman–Crippen MR) is 138 cm³/mol. The molecule has 10 heteroatoms.